The first-order chi connectivity index (χ1) is 8.15. The minimum atomic E-state index is 0.0723. The summed E-state index contributed by atoms with van der Waals surface area (Å²) in [6.45, 7) is 5.81. The summed E-state index contributed by atoms with van der Waals surface area (Å²) in [7, 11) is 4.14. The molecule has 100 valence electrons. The van der Waals surface area contributed by atoms with Crippen LogP contribution in [0.1, 0.15) is 32.6 Å². The first-order valence-electron chi connectivity index (χ1n) is 6.82. The molecule has 1 aliphatic heterocycles. The van der Waals surface area contributed by atoms with Gasteiger partial charge in [-0.2, -0.15) is 0 Å². The van der Waals surface area contributed by atoms with Gasteiger partial charge in [0.05, 0.1) is 6.04 Å². The second-order valence-corrected chi connectivity index (χ2v) is 5.08. The summed E-state index contributed by atoms with van der Waals surface area (Å²) in [5, 5.41) is 3.33. The highest BCUT2D eigenvalue weighted by Gasteiger charge is 2.24. The summed E-state index contributed by atoms with van der Waals surface area (Å²) < 4.78 is 0. The molecular weight excluding hydrogens is 214 g/mol. The van der Waals surface area contributed by atoms with Crippen molar-refractivity contribution < 1.29 is 4.79 Å². The third kappa shape index (κ3) is 5.04. The second-order valence-electron chi connectivity index (χ2n) is 5.08. The first-order valence-corrected chi connectivity index (χ1v) is 6.82. The Balaban J connectivity index is 2.34. The van der Waals surface area contributed by atoms with Gasteiger partial charge in [0, 0.05) is 13.1 Å². The van der Waals surface area contributed by atoms with Crippen LogP contribution in [0.4, 0.5) is 0 Å². The maximum Gasteiger partial charge on any atom is 0.239 e. The van der Waals surface area contributed by atoms with Crippen molar-refractivity contribution in [2.24, 2.45) is 0 Å². The largest absolute Gasteiger partial charge is 0.342 e. The fraction of sp³-hybridized carbons (Fsp3) is 0.923. The van der Waals surface area contributed by atoms with Gasteiger partial charge in [0.15, 0.2) is 0 Å². The van der Waals surface area contributed by atoms with Crippen molar-refractivity contribution in [2.45, 2.75) is 38.6 Å². The van der Waals surface area contributed by atoms with Crippen LogP contribution in [0.5, 0.6) is 0 Å². The second kappa shape index (κ2) is 7.67. The van der Waals surface area contributed by atoms with Crippen LogP contribution >= 0.6 is 0 Å². The minimum absolute atomic E-state index is 0.0723. The van der Waals surface area contributed by atoms with Gasteiger partial charge >= 0.3 is 0 Å². The number of amides is 1. The van der Waals surface area contributed by atoms with Gasteiger partial charge in [-0.05, 0) is 53.4 Å². The molecule has 0 aromatic rings. The Morgan fingerprint density at radius 3 is 2.59 bits per heavy atom. The summed E-state index contributed by atoms with van der Waals surface area (Å²) in [6.07, 6.45) is 4.44. The number of rotatable bonds is 6. The molecule has 0 spiro atoms. The lowest BCUT2D eigenvalue weighted by Crippen LogP contribution is -2.49. The van der Waals surface area contributed by atoms with Crippen LogP contribution in [0.15, 0.2) is 0 Å². The van der Waals surface area contributed by atoms with Crippen LogP contribution < -0.4 is 5.32 Å². The average molecular weight is 241 g/mol. The van der Waals surface area contributed by atoms with E-state index in [0.717, 1.165) is 39.0 Å². The van der Waals surface area contributed by atoms with Crippen LogP contribution in [0.2, 0.25) is 0 Å². The number of carbonyl (C=O) groups is 1. The molecule has 1 amide bonds. The fourth-order valence-corrected chi connectivity index (χ4v) is 2.28. The fourth-order valence-electron chi connectivity index (χ4n) is 2.28. The molecule has 0 aromatic heterocycles. The van der Waals surface area contributed by atoms with Gasteiger partial charge < -0.3 is 15.1 Å². The number of piperidine rings is 1. The zero-order chi connectivity index (χ0) is 12.7. The highest BCUT2D eigenvalue weighted by molar-refractivity contribution is 5.81. The maximum absolute atomic E-state index is 12.3. The monoisotopic (exact) mass is 241 g/mol. The quantitative estimate of drug-likeness (QED) is 0.751. The molecule has 0 aromatic carbocycles. The Bertz CT molecular complexity index is 225. The van der Waals surface area contributed by atoms with Gasteiger partial charge in [0.25, 0.3) is 0 Å². The van der Waals surface area contributed by atoms with E-state index in [9.17, 15) is 4.79 Å². The van der Waals surface area contributed by atoms with Crippen LogP contribution in [0.3, 0.4) is 0 Å². The molecule has 1 aliphatic rings. The average Bonchev–Trinajstić information content (AvgIpc) is 2.34. The molecule has 1 heterocycles. The van der Waals surface area contributed by atoms with Gasteiger partial charge in [0.2, 0.25) is 5.91 Å². The van der Waals surface area contributed by atoms with E-state index in [1.807, 2.05) is 4.90 Å². The Hall–Kier alpha value is -0.610. The van der Waals surface area contributed by atoms with Crippen molar-refractivity contribution in [3.8, 4) is 0 Å². The molecule has 1 unspecified atom stereocenters. The lowest BCUT2D eigenvalue weighted by atomic mass is 10.0. The van der Waals surface area contributed by atoms with E-state index in [1.54, 1.807) is 0 Å². The molecule has 17 heavy (non-hydrogen) atoms. The summed E-state index contributed by atoms with van der Waals surface area (Å²) in [6, 6.07) is 0.0723. The topological polar surface area (TPSA) is 35.6 Å². The molecule has 1 N–H and O–H groups in total. The molecule has 0 aliphatic carbocycles. The molecule has 1 saturated heterocycles. The Labute approximate surface area is 105 Å². The van der Waals surface area contributed by atoms with Crippen molar-refractivity contribution >= 4 is 5.91 Å². The molecule has 0 saturated carbocycles. The number of hydrogen-bond acceptors (Lipinski definition) is 3. The van der Waals surface area contributed by atoms with Gasteiger partial charge in [-0.15, -0.1) is 0 Å². The van der Waals surface area contributed by atoms with Crippen molar-refractivity contribution in [2.75, 3.05) is 40.3 Å². The normalized spacial score (nSPS) is 20.6. The van der Waals surface area contributed by atoms with E-state index in [2.05, 4.69) is 31.2 Å². The van der Waals surface area contributed by atoms with Crippen molar-refractivity contribution in [3.63, 3.8) is 0 Å². The van der Waals surface area contributed by atoms with E-state index in [1.165, 1.54) is 12.8 Å². The van der Waals surface area contributed by atoms with Gasteiger partial charge in [0.1, 0.15) is 0 Å². The molecule has 0 radical (unpaired) electrons. The molecule has 4 nitrogen and oxygen atoms in total. The predicted octanol–water partition coefficient (Wildman–Crippen LogP) is 0.929. The SMILES string of the molecule is CCN(CCCN(C)C)C(=O)C1CCCCN1. The van der Waals surface area contributed by atoms with Crippen molar-refractivity contribution in [1.82, 2.24) is 15.1 Å². The van der Waals surface area contributed by atoms with Crippen LogP contribution in [0, 0.1) is 0 Å². The van der Waals surface area contributed by atoms with Gasteiger partial charge in [-0.1, -0.05) is 6.42 Å². The van der Waals surface area contributed by atoms with E-state index < -0.39 is 0 Å². The number of nitrogens with zero attached hydrogens (tertiary/aromatic N) is 2. The zero-order valence-electron chi connectivity index (χ0n) is 11.5. The lowest BCUT2D eigenvalue weighted by Gasteiger charge is -2.29. The van der Waals surface area contributed by atoms with E-state index in [4.69, 9.17) is 0 Å². The third-order valence-electron chi connectivity index (χ3n) is 3.34. The Kier molecular flexibility index (Phi) is 6.52. The Morgan fingerprint density at radius 1 is 1.29 bits per heavy atom. The molecule has 1 rings (SSSR count). The number of likely N-dealkylation sites (N-methyl/N-ethyl adjacent to an activating group) is 1. The van der Waals surface area contributed by atoms with Crippen LogP contribution in [-0.4, -0.2) is 62.0 Å². The summed E-state index contributed by atoms with van der Waals surface area (Å²) in [5.41, 5.74) is 0. The van der Waals surface area contributed by atoms with Crippen LogP contribution in [-0.2, 0) is 4.79 Å². The maximum atomic E-state index is 12.3. The van der Waals surface area contributed by atoms with E-state index in [-0.39, 0.29) is 6.04 Å². The Morgan fingerprint density at radius 2 is 2.06 bits per heavy atom. The van der Waals surface area contributed by atoms with Gasteiger partial charge in [-0.25, -0.2) is 0 Å². The van der Waals surface area contributed by atoms with E-state index in [0.29, 0.717) is 5.91 Å². The molecule has 1 atom stereocenters. The van der Waals surface area contributed by atoms with Gasteiger partial charge in [-0.3, -0.25) is 4.79 Å². The summed E-state index contributed by atoms with van der Waals surface area (Å²) >= 11 is 0. The number of carbonyl (C=O) groups excluding carboxylic acids is 1. The highest BCUT2D eigenvalue weighted by atomic mass is 16.2. The highest BCUT2D eigenvalue weighted by Crippen LogP contribution is 2.10. The van der Waals surface area contributed by atoms with E-state index >= 15 is 0 Å². The summed E-state index contributed by atoms with van der Waals surface area (Å²) in [5.74, 6) is 0.297. The van der Waals surface area contributed by atoms with Crippen molar-refractivity contribution in [1.29, 1.82) is 0 Å². The number of hydrogen-bond donors (Lipinski definition) is 1. The number of nitrogens with one attached hydrogen (secondary N) is 1. The zero-order valence-corrected chi connectivity index (χ0v) is 11.5. The molecule has 1 fully saturated rings. The lowest BCUT2D eigenvalue weighted by molar-refractivity contribution is -0.133. The molecule has 0 bridgehead atoms. The van der Waals surface area contributed by atoms with Crippen LogP contribution in [0.25, 0.3) is 0 Å². The molecule has 4 heteroatoms. The molecular formula is C13H27N3O. The first kappa shape index (κ1) is 14.5. The summed E-state index contributed by atoms with van der Waals surface area (Å²) in [4.78, 5) is 16.4. The standard InChI is InChI=1S/C13H27N3O/c1-4-16(11-7-10-15(2)3)13(17)12-8-5-6-9-14-12/h12,14H,4-11H2,1-3H3. The minimum Gasteiger partial charge on any atom is -0.342 e. The smallest absolute Gasteiger partial charge is 0.239 e. The predicted molar refractivity (Wildman–Crippen MR) is 71.1 cm³/mol. The third-order valence-corrected chi connectivity index (χ3v) is 3.34. The van der Waals surface area contributed by atoms with Crippen molar-refractivity contribution in [3.05, 3.63) is 0 Å².